The molecule has 0 aromatic heterocycles. The van der Waals surface area contributed by atoms with Gasteiger partial charge in [0, 0.05) is 7.11 Å². The lowest BCUT2D eigenvalue weighted by Crippen LogP contribution is -2.34. The van der Waals surface area contributed by atoms with Crippen molar-refractivity contribution in [2.24, 2.45) is 0 Å². The summed E-state index contributed by atoms with van der Waals surface area (Å²) < 4.78 is 9.66. The predicted molar refractivity (Wildman–Crippen MR) is 47.1 cm³/mol. The van der Waals surface area contributed by atoms with Crippen molar-refractivity contribution in [1.29, 1.82) is 0 Å². The molecular weight excluding hydrogens is 152 g/mol. The van der Waals surface area contributed by atoms with Gasteiger partial charge in [-0.15, -0.1) is 0 Å². The maximum atomic E-state index is 4.86. The standard InChI is InChI=1S/C6H4.C4H8O2/c1-2-5-4-6(5)3-1;1-5-4-2-6-3-4/h1-4H;4H,2-3H2,1H3. The molecule has 0 amide bonds. The molecule has 2 heteroatoms. The third-order valence-corrected chi connectivity index (χ3v) is 2.05. The highest BCUT2D eigenvalue weighted by molar-refractivity contribution is 5.80. The molecule has 1 heterocycles. The van der Waals surface area contributed by atoms with E-state index in [4.69, 9.17) is 9.47 Å². The first-order valence-electron chi connectivity index (χ1n) is 4.11. The van der Waals surface area contributed by atoms with E-state index in [1.54, 1.807) is 7.11 Å². The normalized spacial score (nSPS) is 17.4. The van der Waals surface area contributed by atoms with Crippen molar-refractivity contribution in [3.8, 4) is 11.1 Å². The van der Waals surface area contributed by atoms with Gasteiger partial charge in [0.25, 0.3) is 0 Å². The topological polar surface area (TPSA) is 18.5 Å². The fourth-order valence-electron chi connectivity index (χ4n) is 1.03. The third-order valence-electron chi connectivity index (χ3n) is 2.05. The van der Waals surface area contributed by atoms with Crippen LogP contribution in [-0.2, 0) is 9.47 Å². The SMILES string of the molecule is COC1COC1.c1cc2cc-2c1. The summed E-state index contributed by atoms with van der Waals surface area (Å²) in [6.45, 7) is 1.58. The Morgan fingerprint density at radius 2 is 2.00 bits per heavy atom. The lowest BCUT2D eigenvalue weighted by molar-refractivity contribution is -0.113. The number of fused-ring (bicyclic) bond motifs is 1. The number of benzene rings is 1. The second-order valence-electron chi connectivity index (χ2n) is 2.98. The quantitative estimate of drug-likeness (QED) is 0.638. The number of hydrogen-bond donors (Lipinski definition) is 0. The van der Waals surface area contributed by atoms with Crippen LogP contribution in [0.25, 0.3) is 11.1 Å². The molecule has 1 fully saturated rings. The molecule has 0 radical (unpaired) electrons. The van der Waals surface area contributed by atoms with Gasteiger partial charge in [-0.3, -0.25) is 0 Å². The zero-order valence-corrected chi connectivity index (χ0v) is 7.12. The van der Waals surface area contributed by atoms with Crippen molar-refractivity contribution in [3.63, 3.8) is 0 Å². The minimum Gasteiger partial charge on any atom is -0.377 e. The van der Waals surface area contributed by atoms with E-state index in [0.29, 0.717) is 6.10 Å². The Morgan fingerprint density at radius 1 is 1.33 bits per heavy atom. The largest absolute Gasteiger partial charge is 0.377 e. The number of hydrogen-bond acceptors (Lipinski definition) is 2. The van der Waals surface area contributed by atoms with Crippen molar-refractivity contribution in [2.75, 3.05) is 20.3 Å². The molecule has 0 spiro atoms. The van der Waals surface area contributed by atoms with Crippen molar-refractivity contribution in [1.82, 2.24) is 0 Å². The number of methoxy groups -OCH3 is 1. The van der Waals surface area contributed by atoms with Gasteiger partial charge in [-0.25, -0.2) is 0 Å². The predicted octanol–water partition coefficient (Wildman–Crippen LogP) is 1.70. The summed E-state index contributed by atoms with van der Waals surface area (Å²) in [4.78, 5) is 0. The molecule has 2 aliphatic carbocycles. The monoisotopic (exact) mass is 164 g/mol. The zero-order valence-electron chi connectivity index (χ0n) is 7.12. The van der Waals surface area contributed by atoms with Gasteiger partial charge < -0.3 is 9.47 Å². The van der Waals surface area contributed by atoms with Crippen LogP contribution >= 0.6 is 0 Å². The molecule has 0 saturated carbocycles. The van der Waals surface area contributed by atoms with Crippen LogP contribution in [-0.4, -0.2) is 26.4 Å². The average Bonchev–Trinajstić information content (AvgIpc) is 2.59. The lowest BCUT2D eigenvalue weighted by atomic mass is 10.3. The van der Waals surface area contributed by atoms with E-state index in [1.807, 2.05) is 0 Å². The smallest absolute Gasteiger partial charge is 0.104 e. The highest BCUT2D eigenvalue weighted by Crippen LogP contribution is 2.32. The van der Waals surface area contributed by atoms with E-state index in [2.05, 4.69) is 24.3 Å². The van der Waals surface area contributed by atoms with E-state index in [0.717, 1.165) is 13.2 Å². The molecule has 64 valence electrons. The molecule has 0 aromatic rings. The van der Waals surface area contributed by atoms with Gasteiger partial charge in [0.15, 0.2) is 0 Å². The third kappa shape index (κ3) is 1.65. The molecule has 0 bridgehead atoms. The van der Waals surface area contributed by atoms with Crippen LogP contribution in [0.2, 0.25) is 0 Å². The van der Waals surface area contributed by atoms with Crippen molar-refractivity contribution in [3.05, 3.63) is 24.3 Å². The van der Waals surface area contributed by atoms with Gasteiger partial charge in [0.05, 0.1) is 13.2 Å². The molecule has 3 aliphatic rings. The maximum Gasteiger partial charge on any atom is 0.104 e. The van der Waals surface area contributed by atoms with Crippen LogP contribution in [0.5, 0.6) is 0 Å². The molecule has 1 saturated heterocycles. The summed E-state index contributed by atoms with van der Waals surface area (Å²) in [5.74, 6) is 0. The van der Waals surface area contributed by atoms with Crippen LogP contribution < -0.4 is 0 Å². The number of rotatable bonds is 1. The first-order chi connectivity index (χ1) is 5.90. The molecular formula is C10H12O2. The molecule has 0 aromatic carbocycles. The molecule has 1 aliphatic heterocycles. The van der Waals surface area contributed by atoms with E-state index < -0.39 is 0 Å². The molecule has 12 heavy (non-hydrogen) atoms. The maximum absolute atomic E-state index is 4.86. The molecule has 3 rings (SSSR count). The second-order valence-corrected chi connectivity index (χ2v) is 2.98. The van der Waals surface area contributed by atoms with Gasteiger partial charge >= 0.3 is 0 Å². The molecule has 0 atom stereocenters. The number of ether oxygens (including phenoxy) is 2. The Balaban J connectivity index is 0.0000000939. The molecule has 0 N–H and O–H groups in total. The molecule has 0 unspecified atom stereocenters. The highest BCUT2D eigenvalue weighted by atomic mass is 16.6. The Labute approximate surface area is 72.1 Å². The summed E-state index contributed by atoms with van der Waals surface area (Å²) in [7, 11) is 1.70. The Kier molecular flexibility index (Phi) is 2.11. The van der Waals surface area contributed by atoms with Crippen molar-refractivity contribution in [2.45, 2.75) is 6.10 Å². The molecule has 2 nitrogen and oxygen atoms in total. The first-order valence-corrected chi connectivity index (χ1v) is 4.11. The van der Waals surface area contributed by atoms with Crippen LogP contribution in [0.1, 0.15) is 0 Å². The Morgan fingerprint density at radius 3 is 2.08 bits per heavy atom. The summed E-state index contributed by atoms with van der Waals surface area (Å²) >= 11 is 0. The fourth-order valence-corrected chi connectivity index (χ4v) is 1.03. The summed E-state index contributed by atoms with van der Waals surface area (Å²) in [5, 5.41) is 0. The fraction of sp³-hybridized carbons (Fsp3) is 0.400. The first kappa shape index (κ1) is 7.77. The van der Waals surface area contributed by atoms with Crippen molar-refractivity contribution < 1.29 is 9.47 Å². The van der Waals surface area contributed by atoms with Crippen LogP contribution in [0.4, 0.5) is 0 Å². The highest BCUT2D eigenvalue weighted by Gasteiger charge is 2.15. The van der Waals surface area contributed by atoms with Crippen LogP contribution in [0.15, 0.2) is 24.3 Å². The minimum atomic E-state index is 0.394. The van der Waals surface area contributed by atoms with Gasteiger partial charge in [-0.2, -0.15) is 0 Å². The van der Waals surface area contributed by atoms with Gasteiger partial charge in [0.1, 0.15) is 6.10 Å². The Bertz CT molecular complexity index is 246. The van der Waals surface area contributed by atoms with Gasteiger partial charge in [0.2, 0.25) is 0 Å². The second kappa shape index (κ2) is 3.25. The summed E-state index contributed by atoms with van der Waals surface area (Å²) in [6, 6.07) is 8.48. The van der Waals surface area contributed by atoms with Crippen molar-refractivity contribution >= 4 is 0 Å². The van der Waals surface area contributed by atoms with E-state index in [9.17, 15) is 0 Å². The minimum absolute atomic E-state index is 0.394. The van der Waals surface area contributed by atoms with E-state index >= 15 is 0 Å². The zero-order chi connectivity index (χ0) is 8.39. The van der Waals surface area contributed by atoms with Gasteiger partial charge in [-0.1, -0.05) is 18.2 Å². The lowest BCUT2D eigenvalue weighted by Gasteiger charge is -2.23. The summed E-state index contributed by atoms with van der Waals surface area (Å²) in [5.41, 5.74) is 2.85. The Hall–Kier alpha value is -0.860. The van der Waals surface area contributed by atoms with Crippen LogP contribution in [0, 0.1) is 0 Å². The van der Waals surface area contributed by atoms with Crippen LogP contribution in [0.3, 0.4) is 0 Å². The average molecular weight is 164 g/mol. The van der Waals surface area contributed by atoms with Gasteiger partial charge in [-0.05, 0) is 17.2 Å². The van der Waals surface area contributed by atoms with E-state index in [-0.39, 0.29) is 0 Å². The summed E-state index contributed by atoms with van der Waals surface area (Å²) in [6.07, 6.45) is 0.394. The van der Waals surface area contributed by atoms with E-state index in [1.165, 1.54) is 11.1 Å².